The Labute approximate surface area is 164 Å². The van der Waals surface area contributed by atoms with Crippen LogP contribution in [0.5, 0.6) is 0 Å². The summed E-state index contributed by atoms with van der Waals surface area (Å²) in [5.41, 5.74) is 2.31. The Morgan fingerprint density at radius 2 is 1.43 bits per heavy atom. The molecule has 0 atom stereocenters. The van der Waals surface area contributed by atoms with E-state index in [1.807, 2.05) is 60.7 Å². The first kappa shape index (κ1) is 19.5. The molecule has 0 radical (unpaired) electrons. The predicted octanol–water partition coefficient (Wildman–Crippen LogP) is 3.82. The molecule has 0 heterocycles. The number of anilines is 1. The van der Waals surface area contributed by atoms with Gasteiger partial charge in [0, 0.05) is 18.3 Å². The molecule has 2 N–H and O–H groups in total. The van der Waals surface area contributed by atoms with Gasteiger partial charge in [0.15, 0.2) is 0 Å². The number of hydrogen-bond acceptors (Lipinski definition) is 3. The van der Waals surface area contributed by atoms with Crippen LogP contribution in [0.1, 0.15) is 11.1 Å². The van der Waals surface area contributed by atoms with E-state index in [-0.39, 0.29) is 17.3 Å². The molecule has 1 amide bonds. The van der Waals surface area contributed by atoms with Gasteiger partial charge in [0.05, 0.1) is 4.90 Å². The second-order valence-corrected chi connectivity index (χ2v) is 7.83. The van der Waals surface area contributed by atoms with Crippen LogP contribution in [0.25, 0.3) is 6.08 Å². The summed E-state index contributed by atoms with van der Waals surface area (Å²) in [6.07, 6.45) is 3.14. The Morgan fingerprint density at radius 1 is 0.821 bits per heavy atom. The van der Waals surface area contributed by atoms with Crippen LogP contribution in [0.15, 0.2) is 95.9 Å². The summed E-state index contributed by atoms with van der Waals surface area (Å²) in [5.74, 6) is -0.290. The van der Waals surface area contributed by atoms with Gasteiger partial charge in [-0.15, -0.1) is 0 Å². The lowest BCUT2D eigenvalue weighted by Gasteiger charge is -2.08. The van der Waals surface area contributed by atoms with E-state index in [1.54, 1.807) is 18.2 Å². The number of nitrogens with one attached hydrogen (secondary N) is 2. The Morgan fingerprint density at radius 3 is 2.07 bits per heavy atom. The standard InChI is InChI=1S/C22H20N2O3S/c25-22(16-11-18-7-3-1-4-8-18)24-20-12-14-21(15-13-20)28(26,27)23-17-19-9-5-2-6-10-19/h1-16,23H,17H2,(H,24,25). The van der Waals surface area contributed by atoms with E-state index in [1.165, 1.54) is 18.2 Å². The zero-order valence-electron chi connectivity index (χ0n) is 15.1. The van der Waals surface area contributed by atoms with Crippen molar-refractivity contribution in [1.29, 1.82) is 0 Å². The van der Waals surface area contributed by atoms with E-state index in [4.69, 9.17) is 0 Å². The van der Waals surface area contributed by atoms with Crippen LogP contribution >= 0.6 is 0 Å². The lowest BCUT2D eigenvalue weighted by Crippen LogP contribution is -2.23. The topological polar surface area (TPSA) is 75.3 Å². The molecule has 0 aliphatic carbocycles. The molecule has 0 fully saturated rings. The van der Waals surface area contributed by atoms with E-state index in [2.05, 4.69) is 10.0 Å². The Hall–Kier alpha value is -3.22. The van der Waals surface area contributed by atoms with Crippen molar-refractivity contribution in [1.82, 2.24) is 4.72 Å². The number of benzene rings is 3. The smallest absolute Gasteiger partial charge is 0.248 e. The van der Waals surface area contributed by atoms with Crippen molar-refractivity contribution in [2.24, 2.45) is 0 Å². The van der Waals surface area contributed by atoms with Crippen molar-refractivity contribution in [2.75, 3.05) is 5.32 Å². The summed E-state index contributed by atoms with van der Waals surface area (Å²) in [6, 6.07) is 24.8. The van der Waals surface area contributed by atoms with Crippen LogP contribution in [-0.4, -0.2) is 14.3 Å². The lowest BCUT2D eigenvalue weighted by atomic mass is 10.2. The molecule has 0 saturated carbocycles. The highest BCUT2D eigenvalue weighted by Gasteiger charge is 2.13. The third-order valence-electron chi connectivity index (χ3n) is 3.97. The summed E-state index contributed by atoms with van der Waals surface area (Å²) in [5, 5.41) is 2.71. The maximum Gasteiger partial charge on any atom is 0.248 e. The van der Waals surface area contributed by atoms with Crippen molar-refractivity contribution < 1.29 is 13.2 Å². The molecule has 0 saturated heterocycles. The number of sulfonamides is 1. The summed E-state index contributed by atoms with van der Waals surface area (Å²) in [7, 11) is -3.63. The fourth-order valence-corrected chi connectivity index (χ4v) is 3.51. The molecule has 5 nitrogen and oxygen atoms in total. The monoisotopic (exact) mass is 392 g/mol. The molecule has 0 aromatic heterocycles. The van der Waals surface area contributed by atoms with E-state index in [0.717, 1.165) is 11.1 Å². The fraction of sp³-hybridized carbons (Fsp3) is 0.0455. The van der Waals surface area contributed by atoms with Crippen LogP contribution < -0.4 is 10.0 Å². The molecule has 3 aromatic carbocycles. The third-order valence-corrected chi connectivity index (χ3v) is 5.39. The highest BCUT2D eigenvalue weighted by atomic mass is 32.2. The van der Waals surface area contributed by atoms with E-state index in [9.17, 15) is 13.2 Å². The van der Waals surface area contributed by atoms with Crippen molar-refractivity contribution in [3.05, 3.63) is 102 Å². The molecule has 6 heteroatoms. The Balaban J connectivity index is 1.59. The molecule has 0 aliphatic heterocycles. The molecular formula is C22H20N2O3S. The number of hydrogen-bond donors (Lipinski definition) is 2. The van der Waals surface area contributed by atoms with E-state index in [0.29, 0.717) is 5.69 Å². The first-order valence-electron chi connectivity index (χ1n) is 8.71. The van der Waals surface area contributed by atoms with Crippen molar-refractivity contribution in [3.8, 4) is 0 Å². The van der Waals surface area contributed by atoms with Crippen LogP contribution in [0, 0.1) is 0 Å². The maximum absolute atomic E-state index is 12.4. The van der Waals surface area contributed by atoms with E-state index >= 15 is 0 Å². The molecule has 28 heavy (non-hydrogen) atoms. The number of rotatable bonds is 7. The minimum Gasteiger partial charge on any atom is -0.323 e. The normalized spacial score (nSPS) is 11.4. The summed E-state index contributed by atoms with van der Waals surface area (Å²) >= 11 is 0. The van der Waals surface area contributed by atoms with E-state index < -0.39 is 10.0 Å². The minimum atomic E-state index is -3.63. The van der Waals surface area contributed by atoms with Crippen LogP contribution in [0.3, 0.4) is 0 Å². The molecular weight excluding hydrogens is 372 g/mol. The predicted molar refractivity (Wildman–Crippen MR) is 111 cm³/mol. The zero-order valence-corrected chi connectivity index (χ0v) is 15.9. The summed E-state index contributed by atoms with van der Waals surface area (Å²) in [6.45, 7) is 0.214. The van der Waals surface area contributed by atoms with Gasteiger partial charge >= 0.3 is 0 Å². The van der Waals surface area contributed by atoms with Gasteiger partial charge in [-0.05, 0) is 41.5 Å². The Kier molecular flexibility index (Phi) is 6.37. The second kappa shape index (κ2) is 9.12. The molecule has 142 valence electrons. The van der Waals surface area contributed by atoms with Crippen molar-refractivity contribution >= 4 is 27.7 Å². The highest BCUT2D eigenvalue weighted by molar-refractivity contribution is 7.89. The molecule has 0 aliphatic rings. The van der Waals surface area contributed by atoms with Gasteiger partial charge in [-0.2, -0.15) is 0 Å². The fourth-order valence-electron chi connectivity index (χ4n) is 2.49. The average Bonchev–Trinajstić information content (AvgIpc) is 2.73. The largest absolute Gasteiger partial charge is 0.323 e. The summed E-state index contributed by atoms with van der Waals surface area (Å²) in [4.78, 5) is 12.1. The van der Waals surface area contributed by atoms with Crippen LogP contribution in [-0.2, 0) is 21.4 Å². The van der Waals surface area contributed by atoms with Gasteiger partial charge in [-0.1, -0.05) is 60.7 Å². The molecule has 3 rings (SSSR count). The SMILES string of the molecule is O=C(C=Cc1ccccc1)Nc1ccc(S(=O)(=O)NCc2ccccc2)cc1. The average molecular weight is 392 g/mol. The lowest BCUT2D eigenvalue weighted by molar-refractivity contribution is -0.111. The third kappa shape index (κ3) is 5.64. The Bertz CT molecular complexity index is 1050. The minimum absolute atomic E-state index is 0.140. The first-order valence-corrected chi connectivity index (χ1v) is 10.2. The molecule has 0 bridgehead atoms. The van der Waals surface area contributed by atoms with Crippen molar-refractivity contribution in [2.45, 2.75) is 11.4 Å². The quantitative estimate of drug-likeness (QED) is 0.600. The molecule has 0 spiro atoms. The molecule has 0 unspecified atom stereocenters. The highest BCUT2D eigenvalue weighted by Crippen LogP contribution is 2.15. The maximum atomic E-state index is 12.4. The summed E-state index contributed by atoms with van der Waals surface area (Å²) < 4.78 is 27.3. The van der Waals surface area contributed by atoms with Crippen LogP contribution in [0.4, 0.5) is 5.69 Å². The van der Waals surface area contributed by atoms with Gasteiger partial charge in [-0.25, -0.2) is 13.1 Å². The number of carbonyl (C=O) groups is 1. The second-order valence-electron chi connectivity index (χ2n) is 6.07. The first-order chi connectivity index (χ1) is 13.5. The van der Waals surface area contributed by atoms with Gasteiger partial charge in [0.1, 0.15) is 0 Å². The van der Waals surface area contributed by atoms with Gasteiger partial charge in [-0.3, -0.25) is 4.79 Å². The molecule has 3 aromatic rings. The van der Waals surface area contributed by atoms with Gasteiger partial charge in [0.2, 0.25) is 15.9 Å². The van der Waals surface area contributed by atoms with Gasteiger partial charge in [0.25, 0.3) is 0 Å². The number of amides is 1. The number of carbonyl (C=O) groups excluding carboxylic acids is 1. The van der Waals surface area contributed by atoms with Crippen LogP contribution in [0.2, 0.25) is 0 Å². The zero-order chi connectivity index (χ0) is 19.8. The van der Waals surface area contributed by atoms with Gasteiger partial charge < -0.3 is 5.32 Å². The van der Waals surface area contributed by atoms with Crippen molar-refractivity contribution in [3.63, 3.8) is 0 Å².